The van der Waals surface area contributed by atoms with E-state index in [9.17, 15) is 9.59 Å². The molecule has 2 aromatic heterocycles. The first-order chi connectivity index (χ1) is 16.4. The van der Waals surface area contributed by atoms with Gasteiger partial charge in [0.2, 0.25) is 11.9 Å². The highest BCUT2D eigenvalue weighted by Gasteiger charge is 2.11. The summed E-state index contributed by atoms with van der Waals surface area (Å²) in [5, 5.41) is 11.2. The minimum absolute atomic E-state index is 0.0646. The van der Waals surface area contributed by atoms with Crippen LogP contribution < -0.4 is 16.0 Å². The van der Waals surface area contributed by atoms with Gasteiger partial charge in [-0.1, -0.05) is 24.3 Å². The highest BCUT2D eigenvalue weighted by molar-refractivity contribution is 7.14. The summed E-state index contributed by atoms with van der Waals surface area (Å²) < 4.78 is 0. The minimum atomic E-state index is -0.235. The van der Waals surface area contributed by atoms with Gasteiger partial charge in [-0.3, -0.25) is 14.9 Å². The van der Waals surface area contributed by atoms with Crippen LogP contribution in [-0.4, -0.2) is 26.8 Å². The molecule has 9 heteroatoms. The van der Waals surface area contributed by atoms with Crippen LogP contribution in [0, 0.1) is 13.8 Å². The van der Waals surface area contributed by atoms with Crippen molar-refractivity contribution >= 4 is 39.9 Å². The standard InChI is InChI=1S/C25H24N6O2S/c1-15-12-16(2)28-24(27-15)29-21-10-8-20(9-11-21)23(33)31-25-30-22(14-34-25)19-6-4-18(5-7-19)13-26-17(3)32/h4-12,14H,13H2,1-3H3,(H,26,32)(H,27,28,29)(H,30,31,33). The lowest BCUT2D eigenvalue weighted by molar-refractivity contribution is -0.119. The second kappa shape index (κ2) is 10.2. The molecule has 0 aliphatic heterocycles. The van der Waals surface area contributed by atoms with Crippen molar-refractivity contribution in [2.24, 2.45) is 0 Å². The fraction of sp³-hybridized carbons (Fsp3) is 0.160. The van der Waals surface area contributed by atoms with E-state index >= 15 is 0 Å². The van der Waals surface area contributed by atoms with Crippen LogP contribution in [0.5, 0.6) is 0 Å². The topological polar surface area (TPSA) is 109 Å². The quantitative estimate of drug-likeness (QED) is 0.355. The van der Waals surface area contributed by atoms with E-state index in [-0.39, 0.29) is 11.8 Å². The minimum Gasteiger partial charge on any atom is -0.352 e. The molecule has 2 aromatic carbocycles. The number of thiazole rings is 1. The number of benzene rings is 2. The summed E-state index contributed by atoms with van der Waals surface area (Å²) in [5.74, 6) is 0.221. The second-order valence-corrected chi connectivity index (χ2v) is 8.63. The summed E-state index contributed by atoms with van der Waals surface area (Å²) in [6.07, 6.45) is 0. The molecule has 0 saturated heterocycles. The van der Waals surface area contributed by atoms with Gasteiger partial charge in [-0.05, 0) is 49.7 Å². The Morgan fingerprint density at radius 2 is 1.59 bits per heavy atom. The van der Waals surface area contributed by atoms with Crippen molar-refractivity contribution in [3.63, 3.8) is 0 Å². The van der Waals surface area contributed by atoms with Crippen LogP contribution in [0.1, 0.15) is 34.2 Å². The Balaban J connectivity index is 1.37. The van der Waals surface area contributed by atoms with Gasteiger partial charge >= 0.3 is 0 Å². The van der Waals surface area contributed by atoms with Gasteiger partial charge < -0.3 is 10.6 Å². The van der Waals surface area contributed by atoms with E-state index in [1.807, 2.05) is 61.7 Å². The van der Waals surface area contributed by atoms with Crippen LogP contribution in [0.2, 0.25) is 0 Å². The van der Waals surface area contributed by atoms with Crippen molar-refractivity contribution in [2.75, 3.05) is 10.6 Å². The van der Waals surface area contributed by atoms with Gasteiger partial charge in [0.1, 0.15) is 0 Å². The Hall–Kier alpha value is -4.11. The largest absolute Gasteiger partial charge is 0.352 e. The lowest BCUT2D eigenvalue weighted by Crippen LogP contribution is -2.18. The van der Waals surface area contributed by atoms with Crippen molar-refractivity contribution < 1.29 is 9.59 Å². The molecule has 0 radical (unpaired) electrons. The van der Waals surface area contributed by atoms with Crippen molar-refractivity contribution in [3.8, 4) is 11.3 Å². The summed E-state index contributed by atoms with van der Waals surface area (Å²) in [7, 11) is 0. The van der Waals surface area contributed by atoms with E-state index in [0.717, 1.165) is 33.9 Å². The molecule has 0 fully saturated rings. The lowest BCUT2D eigenvalue weighted by atomic mass is 10.1. The van der Waals surface area contributed by atoms with Crippen LogP contribution in [0.4, 0.5) is 16.8 Å². The molecule has 0 aliphatic rings. The predicted molar refractivity (Wildman–Crippen MR) is 134 cm³/mol. The van der Waals surface area contributed by atoms with Gasteiger partial charge in [0.15, 0.2) is 5.13 Å². The number of rotatable bonds is 7. The molecule has 0 unspecified atom stereocenters. The number of hydrogen-bond acceptors (Lipinski definition) is 7. The Morgan fingerprint density at radius 3 is 2.24 bits per heavy atom. The zero-order valence-electron chi connectivity index (χ0n) is 19.0. The first-order valence-electron chi connectivity index (χ1n) is 10.7. The van der Waals surface area contributed by atoms with Crippen LogP contribution in [-0.2, 0) is 11.3 Å². The van der Waals surface area contributed by atoms with Crippen molar-refractivity contribution in [1.82, 2.24) is 20.3 Å². The zero-order chi connectivity index (χ0) is 24.1. The first-order valence-corrected chi connectivity index (χ1v) is 11.5. The number of carbonyl (C=O) groups is 2. The average Bonchev–Trinajstić information content (AvgIpc) is 3.26. The molecular weight excluding hydrogens is 448 g/mol. The highest BCUT2D eigenvalue weighted by atomic mass is 32.1. The fourth-order valence-electron chi connectivity index (χ4n) is 3.27. The van der Waals surface area contributed by atoms with Crippen molar-refractivity contribution in [2.45, 2.75) is 27.3 Å². The summed E-state index contributed by atoms with van der Waals surface area (Å²) in [6, 6.07) is 16.8. The number of aryl methyl sites for hydroxylation is 2. The average molecular weight is 473 g/mol. The number of amides is 2. The summed E-state index contributed by atoms with van der Waals surface area (Å²) >= 11 is 1.36. The third-order valence-corrected chi connectivity index (χ3v) is 5.66. The van der Waals surface area contributed by atoms with E-state index < -0.39 is 0 Å². The van der Waals surface area contributed by atoms with Gasteiger partial charge in [-0.25, -0.2) is 15.0 Å². The summed E-state index contributed by atoms with van der Waals surface area (Å²) in [4.78, 5) is 37.0. The van der Waals surface area contributed by atoms with Crippen molar-refractivity contribution in [1.29, 1.82) is 0 Å². The molecule has 0 spiro atoms. The summed E-state index contributed by atoms with van der Waals surface area (Å²) in [5.41, 5.74) is 5.80. The van der Waals surface area contributed by atoms with Crippen LogP contribution in [0.25, 0.3) is 11.3 Å². The Morgan fingerprint density at radius 1 is 0.912 bits per heavy atom. The number of nitrogens with zero attached hydrogens (tertiary/aromatic N) is 3. The molecule has 2 heterocycles. The highest BCUT2D eigenvalue weighted by Crippen LogP contribution is 2.26. The second-order valence-electron chi connectivity index (χ2n) is 7.78. The van der Waals surface area contributed by atoms with E-state index in [1.165, 1.54) is 18.3 Å². The molecule has 34 heavy (non-hydrogen) atoms. The SMILES string of the molecule is CC(=O)NCc1ccc(-c2csc(NC(=O)c3ccc(Nc4nc(C)cc(C)n4)cc3)n2)cc1. The predicted octanol–water partition coefficient (Wildman–Crippen LogP) is 4.85. The Bertz CT molecular complexity index is 1300. The van der Waals surface area contributed by atoms with E-state index in [0.29, 0.717) is 23.2 Å². The molecule has 4 aromatic rings. The molecule has 4 rings (SSSR count). The Kier molecular flexibility index (Phi) is 6.93. The Labute approximate surface area is 201 Å². The van der Waals surface area contributed by atoms with Crippen LogP contribution in [0.15, 0.2) is 60.0 Å². The third-order valence-electron chi connectivity index (χ3n) is 4.90. The molecule has 8 nitrogen and oxygen atoms in total. The summed E-state index contributed by atoms with van der Waals surface area (Å²) in [6.45, 7) is 5.81. The van der Waals surface area contributed by atoms with Crippen molar-refractivity contribution in [3.05, 3.63) is 82.5 Å². The number of aromatic nitrogens is 3. The van der Waals surface area contributed by atoms with Gasteiger partial charge in [-0.2, -0.15) is 0 Å². The number of carbonyl (C=O) groups excluding carboxylic acids is 2. The first kappa shape index (κ1) is 23.1. The van der Waals surface area contributed by atoms with Gasteiger partial charge in [0.05, 0.1) is 5.69 Å². The number of nitrogens with one attached hydrogen (secondary N) is 3. The third kappa shape index (κ3) is 6.02. The van der Waals surface area contributed by atoms with Crippen LogP contribution >= 0.6 is 11.3 Å². The fourth-order valence-corrected chi connectivity index (χ4v) is 3.98. The van der Waals surface area contributed by atoms with Gasteiger partial charge in [0, 0.05) is 47.1 Å². The molecule has 3 N–H and O–H groups in total. The number of anilines is 3. The van der Waals surface area contributed by atoms with Gasteiger partial charge in [-0.15, -0.1) is 11.3 Å². The molecule has 0 aliphatic carbocycles. The molecule has 172 valence electrons. The zero-order valence-corrected chi connectivity index (χ0v) is 19.9. The van der Waals surface area contributed by atoms with Gasteiger partial charge in [0.25, 0.3) is 5.91 Å². The molecule has 0 bridgehead atoms. The van der Waals surface area contributed by atoms with E-state index in [1.54, 1.807) is 12.1 Å². The van der Waals surface area contributed by atoms with E-state index in [4.69, 9.17) is 0 Å². The lowest BCUT2D eigenvalue weighted by Gasteiger charge is -2.07. The maximum atomic E-state index is 12.7. The molecular formula is C25H24N6O2S. The molecule has 2 amide bonds. The maximum absolute atomic E-state index is 12.7. The smallest absolute Gasteiger partial charge is 0.257 e. The molecule has 0 saturated carbocycles. The normalized spacial score (nSPS) is 10.6. The van der Waals surface area contributed by atoms with Crippen LogP contribution in [0.3, 0.4) is 0 Å². The maximum Gasteiger partial charge on any atom is 0.257 e. The van der Waals surface area contributed by atoms with E-state index in [2.05, 4.69) is 30.9 Å². The monoisotopic (exact) mass is 472 g/mol. The molecule has 0 atom stereocenters. The number of hydrogen-bond donors (Lipinski definition) is 3.